The van der Waals surface area contributed by atoms with Gasteiger partial charge in [-0.15, -0.1) is 0 Å². The third-order valence-corrected chi connectivity index (χ3v) is 6.29. The average Bonchev–Trinajstić information content (AvgIpc) is 3.06. The van der Waals surface area contributed by atoms with E-state index in [0.29, 0.717) is 93.7 Å². The Morgan fingerprint density at radius 3 is 2.23 bits per heavy atom. The molecule has 1 heterocycles. The predicted octanol–water partition coefficient (Wildman–Crippen LogP) is 3.42. The second-order valence-corrected chi connectivity index (χ2v) is 9.66. The van der Waals surface area contributed by atoms with Crippen LogP contribution in [0.3, 0.4) is 0 Å². The van der Waals surface area contributed by atoms with Crippen molar-refractivity contribution in [1.82, 2.24) is 20.3 Å². The zero-order valence-corrected chi connectivity index (χ0v) is 24.5. The van der Waals surface area contributed by atoms with E-state index in [1.165, 1.54) is 0 Å². The van der Waals surface area contributed by atoms with Gasteiger partial charge in [0.15, 0.2) is 0 Å². The number of ether oxygens (including phenoxy) is 2. The normalized spacial score (nSPS) is 10.7. The number of nitrogens with one attached hydrogen (secondary N) is 4. The largest absolute Gasteiger partial charge is 0.378 e. The number of carbonyl (C=O) groups excluding carboxylic acids is 2. The van der Waals surface area contributed by atoms with Gasteiger partial charge in [0.05, 0.1) is 26.4 Å². The number of aromatic nitrogens is 3. The summed E-state index contributed by atoms with van der Waals surface area (Å²) < 4.78 is 10.7. The number of aldehydes is 1. The van der Waals surface area contributed by atoms with Gasteiger partial charge in [0.25, 0.3) is 5.91 Å². The molecular weight excluding hydrogens is 560 g/mol. The summed E-state index contributed by atoms with van der Waals surface area (Å²) in [5.41, 5.74) is 9.31. The number of anilines is 4. The van der Waals surface area contributed by atoms with Crippen LogP contribution in [0.15, 0.2) is 78.9 Å². The second kappa shape index (κ2) is 17.9. The van der Waals surface area contributed by atoms with Crippen molar-refractivity contribution < 1.29 is 19.1 Å². The van der Waals surface area contributed by atoms with Crippen molar-refractivity contribution in [3.05, 3.63) is 101 Å². The monoisotopic (exact) mass is 598 g/mol. The number of nitrogens with two attached hydrogens (primary N) is 1. The summed E-state index contributed by atoms with van der Waals surface area (Å²) in [7, 11) is 0. The average molecular weight is 599 g/mol. The van der Waals surface area contributed by atoms with Gasteiger partial charge in [0.2, 0.25) is 17.8 Å². The minimum atomic E-state index is -0.221. The zero-order valence-electron chi connectivity index (χ0n) is 24.5. The Labute approximate surface area is 256 Å². The second-order valence-electron chi connectivity index (χ2n) is 9.66. The lowest BCUT2D eigenvalue weighted by Crippen LogP contribution is -2.27. The Bertz CT molecular complexity index is 1450. The predicted molar refractivity (Wildman–Crippen MR) is 170 cm³/mol. The highest BCUT2D eigenvalue weighted by Gasteiger charge is 2.10. The van der Waals surface area contributed by atoms with Gasteiger partial charge in [-0.25, -0.2) is 0 Å². The molecule has 0 aliphatic carbocycles. The van der Waals surface area contributed by atoms with Crippen molar-refractivity contribution >= 4 is 35.7 Å². The van der Waals surface area contributed by atoms with Gasteiger partial charge >= 0.3 is 0 Å². The molecule has 230 valence electrons. The molecule has 4 aromatic rings. The lowest BCUT2D eigenvalue weighted by Gasteiger charge is -2.12. The lowest BCUT2D eigenvalue weighted by atomic mass is 10.1. The van der Waals surface area contributed by atoms with Crippen LogP contribution in [-0.4, -0.2) is 73.2 Å². The van der Waals surface area contributed by atoms with Crippen LogP contribution in [0.4, 0.5) is 23.5 Å². The Morgan fingerprint density at radius 1 is 0.750 bits per heavy atom. The third kappa shape index (κ3) is 11.1. The summed E-state index contributed by atoms with van der Waals surface area (Å²) in [4.78, 5) is 37.3. The SMILES string of the molecule is NCCOCCOCCNC(=O)c1cccc(Nc2nc(NCCc3ccc(C=O)cc3)nc(NCc3ccccc3)n2)c1. The number of rotatable bonds is 19. The van der Waals surface area contributed by atoms with E-state index in [-0.39, 0.29) is 5.91 Å². The molecule has 0 saturated heterocycles. The zero-order chi connectivity index (χ0) is 30.8. The Morgan fingerprint density at radius 2 is 1.48 bits per heavy atom. The highest BCUT2D eigenvalue weighted by atomic mass is 16.5. The van der Waals surface area contributed by atoms with Gasteiger partial charge in [0, 0.05) is 43.0 Å². The molecule has 0 aliphatic rings. The van der Waals surface area contributed by atoms with Crippen LogP contribution in [0.25, 0.3) is 0 Å². The summed E-state index contributed by atoms with van der Waals surface area (Å²) in [5.74, 6) is 0.883. The van der Waals surface area contributed by atoms with Crippen LogP contribution in [0, 0.1) is 0 Å². The van der Waals surface area contributed by atoms with Gasteiger partial charge in [-0.3, -0.25) is 9.59 Å². The lowest BCUT2D eigenvalue weighted by molar-refractivity contribution is 0.0511. The minimum absolute atomic E-state index is 0.221. The molecule has 1 amide bonds. The van der Waals surface area contributed by atoms with Gasteiger partial charge in [-0.1, -0.05) is 60.7 Å². The summed E-state index contributed by atoms with van der Waals surface area (Å²) in [6.45, 7) is 3.72. The Balaban J connectivity index is 1.37. The number of amides is 1. The summed E-state index contributed by atoms with van der Waals surface area (Å²) in [5, 5.41) is 12.6. The van der Waals surface area contributed by atoms with Crippen molar-refractivity contribution in [3.63, 3.8) is 0 Å². The molecule has 44 heavy (non-hydrogen) atoms. The van der Waals surface area contributed by atoms with Crippen molar-refractivity contribution in [3.8, 4) is 0 Å². The molecule has 3 aromatic carbocycles. The fourth-order valence-electron chi connectivity index (χ4n) is 4.06. The van der Waals surface area contributed by atoms with E-state index >= 15 is 0 Å². The molecule has 0 aliphatic heterocycles. The first-order valence-corrected chi connectivity index (χ1v) is 14.5. The maximum absolute atomic E-state index is 12.7. The number of nitrogens with zero attached hydrogens (tertiary/aromatic N) is 3. The molecule has 6 N–H and O–H groups in total. The first-order chi connectivity index (χ1) is 21.6. The van der Waals surface area contributed by atoms with Gasteiger partial charge < -0.3 is 36.5 Å². The van der Waals surface area contributed by atoms with Crippen LogP contribution in [-0.2, 0) is 22.4 Å². The van der Waals surface area contributed by atoms with Gasteiger partial charge in [0.1, 0.15) is 6.29 Å². The van der Waals surface area contributed by atoms with Crippen molar-refractivity contribution in [2.75, 3.05) is 62.0 Å². The van der Waals surface area contributed by atoms with Crippen LogP contribution in [0.2, 0.25) is 0 Å². The first kappa shape index (κ1) is 32.0. The molecule has 4 rings (SSSR count). The van der Waals surface area contributed by atoms with E-state index in [4.69, 9.17) is 15.2 Å². The van der Waals surface area contributed by atoms with E-state index in [0.717, 1.165) is 17.4 Å². The number of hydrogen-bond donors (Lipinski definition) is 5. The molecule has 0 radical (unpaired) electrons. The Kier molecular flexibility index (Phi) is 13.0. The molecule has 0 bridgehead atoms. The van der Waals surface area contributed by atoms with Crippen LogP contribution < -0.4 is 27.0 Å². The number of benzene rings is 3. The smallest absolute Gasteiger partial charge is 0.251 e. The maximum atomic E-state index is 12.7. The molecule has 0 atom stereocenters. The highest BCUT2D eigenvalue weighted by molar-refractivity contribution is 5.95. The van der Waals surface area contributed by atoms with Crippen LogP contribution >= 0.6 is 0 Å². The minimum Gasteiger partial charge on any atom is -0.378 e. The third-order valence-electron chi connectivity index (χ3n) is 6.29. The van der Waals surface area contributed by atoms with E-state index in [2.05, 4.69) is 36.2 Å². The maximum Gasteiger partial charge on any atom is 0.251 e. The van der Waals surface area contributed by atoms with Crippen molar-refractivity contribution in [2.45, 2.75) is 13.0 Å². The van der Waals surface area contributed by atoms with Crippen molar-refractivity contribution in [1.29, 1.82) is 0 Å². The van der Waals surface area contributed by atoms with Gasteiger partial charge in [-0.05, 0) is 35.7 Å². The molecule has 0 spiro atoms. The Hall–Kier alpha value is -4.91. The summed E-state index contributed by atoms with van der Waals surface area (Å²) >= 11 is 0. The highest BCUT2D eigenvalue weighted by Crippen LogP contribution is 2.18. The molecular formula is C32H38N8O4. The first-order valence-electron chi connectivity index (χ1n) is 14.5. The molecule has 12 nitrogen and oxygen atoms in total. The van der Waals surface area contributed by atoms with Gasteiger partial charge in [-0.2, -0.15) is 15.0 Å². The van der Waals surface area contributed by atoms with E-state index in [1.54, 1.807) is 30.3 Å². The van der Waals surface area contributed by atoms with Crippen LogP contribution in [0.5, 0.6) is 0 Å². The molecule has 1 aromatic heterocycles. The fourth-order valence-corrected chi connectivity index (χ4v) is 4.06. The number of hydrogen-bond acceptors (Lipinski definition) is 11. The summed E-state index contributed by atoms with van der Waals surface area (Å²) in [6.07, 6.45) is 1.54. The van der Waals surface area contributed by atoms with E-state index in [1.807, 2.05) is 48.5 Å². The van der Waals surface area contributed by atoms with E-state index < -0.39 is 0 Å². The molecule has 12 heteroatoms. The molecule has 0 saturated carbocycles. The van der Waals surface area contributed by atoms with Crippen molar-refractivity contribution in [2.24, 2.45) is 5.73 Å². The van der Waals surface area contributed by atoms with Crippen LogP contribution in [0.1, 0.15) is 31.8 Å². The molecule has 0 fully saturated rings. The molecule has 0 unspecified atom stereocenters. The number of carbonyl (C=O) groups is 2. The standard InChI is InChI=1S/C32H38N8O4/c33-14-17-43-19-20-44-18-16-34-29(42)27-7-4-8-28(21-27)37-32-39-30(35-15-13-24-9-11-26(23-41)12-10-24)38-31(40-32)36-22-25-5-2-1-3-6-25/h1-12,21,23H,13-20,22,33H2,(H,34,42)(H3,35,36,37,38,39,40). The fraction of sp³-hybridized carbons (Fsp3) is 0.281. The topological polar surface area (TPSA) is 165 Å². The summed E-state index contributed by atoms with van der Waals surface area (Å²) in [6, 6.07) is 24.5. The quantitative estimate of drug-likeness (QED) is 0.0793. The van der Waals surface area contributed by atoms with E-state index in [9.17, 15) is 9.59 Å².